The van der Waals surface area contributed by atoms with Gasteiger partial charge in [-0.1, -0.05) is 12.1 Å². The maximum Gasteiger partial charge on any atom is 0.244 e. The first-order chi connectivity index (χ1) is 11.9. The van der Waals surface area contributed by atoms with Crippen molar-refractivity contribution in [1.82, 2.24) is 14.7 Å². The highest BCUT2D eigenvalue weighted by Gasteiger charge is 2.17. The summed E-state index contributed by atoms with van der Waals surface area (Å²) in [5, 5.41) is 4.44. The maximum absolute atomic E-state index is 13.1. The second kappa shape index (κ2) is 8.76. The molecule has 2 aromatic rings. The standard InChI is InChI=1S/C19H26FN3O2/c1-14-15(2)21-23(16(14)3)13-19(24)22(10-5-11-25-4)12-17-6-8-18(20)9-7-17/h6-9H,5,10-13H2,1-4H3. The molecule has 136 valence electrons. The van der Waals surface area contributed by atoms with Crippen LogP contribution in [0.3, 0.4) is 0 Å². The van der Waals surface area contributed by atoms with Crippen LogP contribution in [0.1, 0.15) is 28.9 Å². The highest BCUT2D eigenvalue weighted by atomic mass is 19.1. The van der Waals surface area contributed by atoms with Crippen molar-refractivity contribution in [1.29, 1.82) is 0 Å². The van der Waals surface area contributed by atoms with Gasteiger partial charge >= 0.3 is 0 Å². The summed E-state index contributed by atoms with van der Waals surface area (Å²) in [6.07, 6.45) is 0.750. The van der Waals surface area contributed by atoms with E-state index in [1.165, 1.54) is 12.1 Å². The Kier molecular flexibility index (Phi) is 6.70. The van der Waals surface area contributed by atoms with E-state index in [0.29, 0.717) is 19.7 Å². The molecule has 1 aromatic carbocycles. The van der Waals surface area contributed by atoms with E-state index in [1.807, 2.05) is 20.8 Å². The lowest BCUT2D eigenvalue weighted by atomic mass is 10.2. The Morgan fingerprint density at radius 1 is 1.24 bits per heavy atom. The maximum atomic E-state index is 13.1. The third-order valence-corrected chi connectivity index (χ3v) is 4.44. The van der Waals surface area contributed by atoms with Gasteiger partial charge in [-0.2, -0.15) is 5.10 Å². The van der Waals surface area contributed by atoms with E-state index in [4.69, 9.17) is 4.74 Å². The van der Waals surface area contributed by atoms with Gasteiger partial charge in [0.1, 0.15) is 12.4 Å². The summed E-state index contributed by atoms with van der Waals surface area (Å²) in [6.45, 7) is 7.74. The highest BCUT2D eigenvalue weighted by Crippen LogP contribution is 2.13. The van der Waals surface area contributed by atoms with Gasteiger partial charge in [0, 0.05) is 32.5 Å². The molecule has 1 amide bonds. The monoisotopic (exact) mass is 347 g/mol. The molecule has 5 nitrogen and oxygen atoms in total. The first kappa shape index (κ1) is 19.1. The second-order valence-corrected chi connectivity index (χ2v) is 6.24. The van der Waals surface area contributed by atoms with Gasteiger partial charge in [0.05, 0.1) is 5.69 Å². The lowest BCUT2D eigenvalue weighted by Crippen LogP contribution is -2.35. The van der Waals surface area contributed by atoms with Gasteiger partial charge in [0.25, 0.3) is 0 Å². The van der Waals surface area contributed by atoms with Crippen LogP contribution in [-0.2, 0) is 22.6 Å². The number of halogens is 1. The first-order valence-corrected chi connectivity index (χ1v) is 8.44. The molecule has 0 radical (unpaired) electrons. The molecule has 0 saturated carbocycles. The van der Waals surface area contributed by atoms with Crippen molar-refractivity contribution in [2.24, 2.45) is 0 Å². The van der Waals surface area contributed by atoms with Gasteiger partial charge in [0.2, 0.25) is 5.91 Å². The predicted molar refractivity (Wildman–Crippen MR) is 94.7 cm³/mol. The van der Waals surface area contributed by atoms with Crippen LogP contribution >= 0.6 is 0 Å². The molecule has 0 saturated heterocycles. The summed E-state index contributed by atoms with van der Waals surface area (Å²) in [5.41, 5.74) is 3.95. The van der Waals surface area contributed by atoms with E-state index in [1.54, 1.807) is 28.8 Å². The molecular weight excluding hydrogens is 321 g/mol. The molecule has 0 aliphatic rings. The van der Waals surface area contributed by atoms with E-state index in [0.717, 1.165) is 28.9 Å². The third-order valence-electron chi connectivity index (χ3n) is 4.44. The van der Waals surface area contributed by atoms with Crippen LogP contribution in [0.4, 0.5) is 4.39 Å². The molecular formula is C19H26FN3O2. The van der Waals surface area contributed by atoms with Gasteiger partial charge in [-0.25, -0.2) is 4.39 Å². The summed E-state index contributed by atoms with van der Waals surface area (Å²) in [7, 11) is 1.64. The number of rotatable bonds is 8. The molecule has 6 heteroatoms. The lowest BCUT2D eigenvalue weighted by molar-refractivity contribution is -0.132. The zero-order valence-corrected chi connectivity index (χ0v) is 15.4. The summed E-state index contributed by atoms with van der Waals surface area (Å²) < 4.78 is 19.9. The van der Waals surface area contributed by atoms with Crippen molar-refractivity contribution in [3.05, 3.63) is 52.6 Å². The summed E-state index contributed by atoms with van der Waals surface area (Å²) in [4.78, 5) is 14.6. The van der Waals surface area contributed by atoms with Crippen LogP contribution in [0, 0.1) is 26.6 Å². The molecule has 25 heavy (non-hydrogen) atoms. The van der Waals surface area contributed by atoms with Crippen molar-refractivity contribution >= 4 is 5.91 Å². The fraction of sp³-hybridized carbons (Fsp3) is 0.474. The Labute approximate surface area is 148 Å². The smallest absolute Gasteiger partial charge is 0.244 e. The molecule has 0 fully saturated rings. The molecule has 0 aliphatic heterocycles. The van der Waals surface area contributed by atoms with E-state index in [-0.39, 0.29) is 18.3 Å². The highest BCUT2D eigenvalue weighted by molar-refractivity contribution is 5.76. The Hall–Kier alpha value is -2.21. The summed E-state index contributed by atoms with van der Waals surface area (Å²) in [5.74, 6) is -0.287. The van der Waals surface area contributed by atoms with Gasteiger partial charge < -0.3 is 9.64 Å². The lowest BCUT2D eigenvalue weighted by Gasteiger charge is -2.23. The molecule has 1 aromatic heterocycles. The van der Waals surface area contributed by atoms with Gasteiger partial charge in [0.15, 0.2) is 0 Å². The molecule has 0 atom stereocenters. The fourth-order valence-corrected chi connectivity index (χ4v) is 2.67. The molecule has 0 spiro atoms. The Morgan fingerprint density at radius 3 is 2.48 bits per heavy atom. The Balaban J connectivity index is 2.11. The van der Waals surface area contributed by atoms with Crippen molar-refractivity contribution in [3.8, 4) is 0 Å². The quantitative estimate of drug-likeness (QED) is 0.690. The molecule has 0 unspecified atom stereocenters. The van der Waals surface area contributed by atoms with Crippen LogP contribution in [0.2, 0.25) is 0 Å². The number of aryl methyl sites for hydroxylation is 1. The van der Waals surface area contributed by atoms with Crippen LogP contribution in [-0.4, -0.2) is 40.8 Å². The molecule has 2 rings (SSSR count). The minimum absolute atomic E-state index is 0.00831. The minimum atomic E-state index is -0.279. The van der Waals surface area contributed by atoms with Crippen LogP contribution in [0.15, 0.2) is 24.3 Å². The number of amides is 1. The molecule has 0 N–H and O–H groups in total. The first-order valence-electron chi connectivity index (χ1n) is 8.44. The van der Waals surface area contributed by atoms with Crippen molar-refractivity contribution in [3.63, 3.8) is 0 Å². The topological polar surface area (TPSA) is 47.4 Å². The molecule has 0 bridgehead atoms. The normalized spacial score (nSPS) is 10.9. The zero-order chi connectivity index (χ0) is 18.4. The number of aromatic nitrogens is 2. The van der Waals surface area contributed by atoms with Crippen molar-refractivity contribution in [2.75, 3.05) is 20.3 Å². The van der Waals surface area contributed by atoms with E-state index in [9.17, 15) is 9.18 Å². The number of nitrogens with zero attached hydrogens (tertiary/aromatic N) is 3. The number of methoxy groups -OCH3 is 1. The predicted octanol–water partition coefficient (Wildman–Crippen LogP) is 3.01. The zero-order valence-electron chi connectivity index (χ0n) is 15.4. The number of hydrogen-bond donors (Lipinski definition) is 0. The number of carbonyl (C=O) groups is 1. The number of ether oxygens (including phenoxy) is 1. The van der Waals surface area contributed by atoms with Gasteiger partial charge in [-0.3, -0.25) is 9.48 Å². The van der Waals surface area contributed by atoms with Crippen molar-refractivity contribution < 1.29 is 13.9 Å². The average Bonchev–Trinajstić information content (AvgIpc) is 2.83. The summed E-state index contributed by atoms with van der Waals surface area (Å²) in [6, 6.07) is 6.24. The SMILES string of the molecule is COCCCN(Cc1ccc(F)cc1)C(=O)Cn1nc(C)c(C)c1C. The van der Waals surface area contributed by atoms with E-state index >= 15 is 0 Å². The van der Waals surface area contributed by atoms with Crippen LogP contribution in [0.25, 0.3) is 0 Å². The van der Waals surface area contributed by atoms with E-state index in [2.05, 4.69) is 5.10 Å². The van der Waals surface area contributed by atoms with Crippen molar-refractivity contribution in [2.45, 2.75) is 40.3 Å². The number of benzene rings is 1. The molecule has 0 aliphatic carbocycles. The van der Waals surface area contributed by atoms with Crippen LogP contribution in [0.5, 0.6) is 0 Å². The van der Waals surface area contributed by atoms with Gasteiger partial charge in [-0.05, 0) is 50.5 Å². The average molecular weight is 347 g/mol. The van der Waals surface area contributed by atoms with E-state index < -0.39 is 0 Å². The Bertz CT molecular complexity index is 710. The van der Waals surface area contributed by atoms with Crippen LogP contribution < -0.4 is 0 Å². The number of hydrogen-bond acceptors (Lipinski definition) is 3. The fourth-order valence-electron chi connectivity index (χ4n) is 2.67. The summed E-state index contributed by atoms with van der Waals surface area (Å²) >= 11 is 0. The Morgan fingerprint density at radius 2 is 1.92 bits per heavy atom. The largest absolute Gasteiger partial charge is 0.385 e. The number of carbonyl (C=O) groups excluding carboxylic acids is 1. The van der Waals surface area contributed by atoms with Gasteiger partial charge in [-0.15, -0.1) is 0 Å². The molecule has 1 heterocycles. The third kappa shape index (κ3) is 5.13. The second-order valence-electron chi connectivity index (χ2n) is 6.24. The minimum Gasteiger partial charge on any atom is -0.385 e.